The Morgan fingerprint density at radius 3 is 3.00 bits per heavy atom. The van der Waals surface area contributed by atoms with Crippen molar-refractivity contribution in [3.63, 3.8) is 0 Å². The molecule has 1 atom stereocenters. The lowest BCUT2D eigenvalue weighted by Crippen LogP contribution is -2.28. The molecule has 0 aliphatic carbocycles. The van der Waals surface area contributed by atoms with Crippen molar-refractivity contribution in [2.75, 3.05) is 30.2 Å². The Hall–Kier alpha value is -3.14. The molecule has 0 bridgehead atoms. The zero-order valence-corrected chi connectivity index (χ0v) is 15.8. The lowest BCUT2D eigenvalue weighted by Gasteiger charge is -2.17. The second-order valence-corrected chi connectivity index (χ2v) is 7.05. The van der Waals surface area contributed by atoms with E-state index in [0.717, 1.165) is 11.3 Å². The number of anilines is 2. The standard InChI is InChI=1S/C18H17N3O6S/c1-2-25-17(24)12-8-28-18(19-12)20-16(23)10-5-15(22)21(7-10)11-3-4-13-14(6-11)27-9-26-13/h3-4,6,8,10H,2,5,7,9H2,1H3,(H,19,20,23). The molecule has 1 N–H and O–H groups in total. The molecule has 1 aromatic heterocycles. The average molecular weight is 403 g/mol. The van der Waals surface area contributed by atoms with Crippen LogP contribution in [0.4, 0.5) is 10.8 Å². The van der Waals surface area contributed by atoms with Crippen LogP contribution >= 0.6 is 11.3 Å². The second kappa shape index (κ2) is 7.47. The maximum Gasteiger partial charge on any atom is 0.357 e. The van der Waals surface area contributed by atoms with Gasteiger partial charge in [-0.05, 0) is 19.1 Å². The molecular weight excluding hydrogens is 386 g/mol. The molecule has 0 saturated carbocycles. The van der Waals surface area contributed by atoms with Crippen molar-refractivity contribution >= 4 is 39.9 Å². The van der Waals surface area contributed by atoms with Gasteiger partial charge in [0.05, 0.1) is 12.5 Å². The van der Waals surface area contributed by atoms with Crippen molar-refractivity contribution in [2.24, 2.45) is 5.92 Å². The summed E-state index contributed by atoms with van der Waals surface area (Å²) in [6.45, 7) is 2.35. The SMILES string of the molecule is CCOC(=O)c1csc(NC(=O)C2CC(=O)N(c3ccc4c(c3)OCO4)C2)n1. The van der Waals surface area contributed by atoms with Gasteiger partial charge in [-0.15, -0.1) is 11.3 Å². The summed E-state index contributed by atoms with van der Waals surface area (Å²) in [5.41, 5.74) is 0.801. The third-order valence-electron chi connectivity index (χ3n) is 4.38. The van der Waals surface area contributed by atoms with Crippen LogP contribution in [0, 0.1) is 5.92 Å². The molecule has 2 amide bonds. The molecule has 2 aliphatic heterocycles. The number of amides is 2. The number of benzene rings is 1. The number of ether oxygens (including phenoxy) is 3. The predicted molar refractivity (Wildman–Crippen MR) is 99.7 cm³/mol. The van der Waals surface area contributed by atoms with Crippen LogP contribution in [0.3, 0.4) is 0 Å². The first-order valence-electron chi connectivity index (χ1n) is 8.68. The van der Waals surface area contributed by atoms with E-state index in [1.807, 2.05) is 0 Å². The predicted octanol–water partition coefficient (Wildman–Crippen LogP) is 2.04. The topological polar surface area (TPSA) is 107 Å². The normalized spacial score (nSPS) is 17.7. The minimum absolute atomic E-state index is 0.0936. The Morgan fingerprint density at radius 2 is 2.18 bits per heavy atom. The highest BCUT2D eigenvalue weighted by molar-refractivity contribution is 7.14. The highest BCUT2D eigenvalue weighted by Gasteiger charge is 2.36. The minimum atomic E-state index is -0.538. The molecule has 4 rings (SSSR count). The lowest BCUT2D eigenvalue weighted by atomic mass is 10.1. The zero-order valence-electron chi connectivity index (χ0n) is 15.0. The van der Waals surface area contributed by atoms with Crippen molar-refractivity contribution in [3.8, 4) is 11.5 Å². The number of carbonyl (C=O) groups is 3. The van der Waals surface area contributed by atoms with E-state index in [9.17, 15) is 14.4 Å². The van der Waals surface area contributed by atoms with Crippen LogP contribution < -0.4 is 19.7 Å². The van der Waals surface area contributed by atoms with Crippen LogP contribution in [0.15, 0.2) is 23.6 Å². The molecule has 2 aliphatic rings. The summed E-state index contributed by atoms with van der Waals surface area (Å²) >= 11 is 1.13. The first kappa shape index (κ1) is 18.2. The Morgan fingerprint density at radius 1 is 1.36 bits per heavy atom. The number of hydrogen-bond acceptors (Lipinski definition) is 8. The molecule has 3 heterocycles. The zero-order chi connectivity index (χ0) is 19.7. The van der Waals surface area contributed by atoms with Crippen molar-refractivity contribution in [1.29, 1.82) is 0 Å². The number of esters is 1. The van der Waals surface area contributed by atoms with Crippen molar-refractivity contribution in [3.05, 3.63) is 29.3 Å². The Kier molecular flexibility index (Phi) is 4.86. The maximum atomic E-state index is 12.5. The molecule has 10 heteroatoms. The van der Waals surface area contributed by atoms with E-state index in [0.29, 0.717) is 22.3 Å². The fraction of sp³-hybridized carbons (Fsp3) is 0.333. The highest BCUT2D eigenvalue weighted by Crippen LogP contribution is 2.37. The van der Waals surface area contributed by atoms with Crippen molar-refractivity contribution < 1.29 is 28.6 Å². The summed E-state index contributed by atoms with van der Waals surface area (Å²) in [5.74, 6) is -0.317. The van der Waals surface area contributed by atoms with Gasteiger partial charge in [0.2, 0.25) is 18.6 Å². The number of nitrogens with one attached hydrogen (secondary N) is 1. The summed E-state index contributed by atoms with van der Waals surface area (Å²) in [5, 5.41) is 4.49. The second-order valence-electron chi connectivity index (χ2n) is 6.19. The number of nitrogens with zero attached hydrogens (tertiary/aromatic N) is 2. The van der Waals surface area contributed by atoms with Crippen LogP contribution in [0.5, 0.6) is 11.5 Å². The van der Waals surface area contributed by atoms with Gasteiger partial charge in [0.1, 0.15) is 0 Å². The monoisotopic (exact) mass is 403 g/mol. The summed E-state index contributed by atoms with van der Waals surface area (Å²) < 4.78 is 15.5. The van der Waals surface area contributed by atoms with Gasteiger partial charge in [0, 0.05) is 30.1 Å². The molecule has 1 unspecified atom stereocenters. The minimum Gasteiger partial charge on any atom is -0.461 e. The number of aromatic nitrogens is 1. The van der Waals surface area contributed by atoms with Gasteiger partial charge in [-0.2, -0.15) is 0 Å². The molecule has 2 aromatic rings. The quantitative estimate of drug-likeness (QED) is 0.761. The van der Waals surface area contributed by atoms with Crippen LogP contribution in [-0.2, 0) is 14.3 Å². The Labute approximate surface area is 164 Å². The number of rotatable bonds is 5. The van der Waals surface area contributed by atoms with Crippen LogP contribution in [-0.4, -0.2) is 42.7 Å². The lowest BCUT2D eigenvalue weighted by molar-refractivity contribution is -0.122. The van der Waals surface area contributed by atoms with E-state index in [1.54, 1.807) is 30.0 Å². The van der Waals surface area contributed by atoms with Crippen molar-refractivity contribution in [1.82, 2.24) is 4.98 Å². The van der Waals surface area contributed by atoms with Gasteiger partial charge in [-0.1, -0.05) is 0 Å². The molecule has 0 spiro atoms. The summed E-state index contributed by atoms with van der Waals surface area (Å²) in [7, 11) is 0. The van der Waals surface area contributed by atoms with Gasteiger partial charge in [0.25, 0.3) is 0 Å². The molecular formula is C18H17N3O6S. The highest BCUT2D eigenvalue weighted by atomic mass is 32.1. The first-order chi connectivity index (χ1) is 13.5. The van der Waals surface area contributed by atoms with Crippen LogP contribution in [0.25, 0.3) is 0 Å². The Balaban J connectivity index is 1.41. The number of hydrogen-bond donors (Lipinski definition) is 1. The number of thiazole rings is 1. The third kappa shape index (κ3) is 3.50. The van der Waals surface area contributed by atoms with Gasteiger partial charge < -0.3 is 24.4 Å². The maximum absolute atomic E-state index is 12.5. The van der Waals surface area contributed by atoms with Crippen LogP contribution in [0.1, 0.15) is 23.8 Å². The molecule has 1 saturated heterocycles. The number of fused-ring (bicyclic) bond motifs is 1. The summed E-state index contributed by atoms with van der Waals surface area (Å²) in [6, 6.07) is 5.23. The largest absolute Gasteiger partial charge is 0.461 e. The smallest absolute Gasteiger partial charge is 0.357 e. The summed E-state index contributed by atoms with van der Waals surface area (Å²) in [4.78, 5) is 42.2. The van der Waals surface area contributed by atoms with E-state index in [2.05, 4.69) is 10.3 Å². The van der Waals surface area contributed by atoms with E-state index >= 15 is 0 Å². The average Bonchev–Trinajstić information content (AvgIpc) is 3.40. The molecule has 0 radical (unpaired) electrons. The van der Waals surface area contributed by atoms with Crippen LogP contribution in [0.2, 0.25) is 0 Å². The molecule has 146 valence electrons. The fourth-order valence-electron chi connectivity index (χ4n) is 3.02. The van der Waals surface area contributed by atoms with Gasteiger partial charge in [0.15, 0.2) is 22.3 Å². The molecule has 1 fully saturated rings. The molecule has 1 aromatic carbocycles. The third-order valence-corrected chi connectivity index (χ3v) is 5.14. The van der Waals surface area contributed by atoms with Gasteiger partial charge in [-0.25, -0.2) is 9.78 Å². The van der Waals surface area contributed by atoms with Gasteiger partial charge in [-0.3, -0.25) is 9.59 Å². The van der Waals surface area contributed by atoms with E-state index < -0.39 is 11.9 Å². The fourth-order valence-corrected chi connectivity index (χ4v) is 3.71. The summed E-state index contributed by atoms with van der Waals surface area (Å²) in [6.07, 6.45) is 0.0936. The van der Waals surface area contributed by atoms with E-state index in [1.165, 1.54) is 5.38 Å². The molecule has 28 heavy (non-hydrogen) atoms. The van der Waals surface area contributed by atoms with Gasteiger partial charge >= 0.3 is 5.97 Å². The first-order valence-corrected chi connectivity index (χ1v) is 9.56. The van der Waals surface area contributed by atoms with Crippen molar-refractivity contribution in [2.45, 2.75) is 13.3 Å². The Bertz CT molecular complexity index is 943. The molecule has 9 nitrogen and oxygen atoms in total. The number of carbonyl (C=O) groups excluding carboxylic acids is 3. The van der Waals surface area contributed by atoms with E-state index in [-0.39, 0.29) is 43.9 Å². The van der Waals surface area contributed by atoms with E-state index in [4.69, 9.17) is 14.2 Å².